The number of benzene rings is 1. The molecular formula is C25H42N2O3. The molecule has 0 heterocycles. The predicted molar refractivity (Wildman–Crippen MR) is 124 cm³/mol. The number of allylic oxidation sites excluding steroid dienone is 1. The molecule has 5 nitrogen and oxygen atoms in total. The number of unbranched alkanes of at least 4 members (excludes halogenated alkanes) is 9. The first-order valence-corrected chi connectivity index (χ1v) is 11.7. The number of hydrogen-bond donors (Lipinski definition) is 4. The highest BCUT2D eigenvalue weighted by atomic mass is 16.4. The summed E-state index contributed by atoms with van der Waals surface area (Å²) in [7, 11) is 0. The molecule has 0 bridgehead atoms. The van der Waals surface area contributed by atoms with Gasteiger partial charge in [-0.3, -0.25) is 0 Å². The van der Waals surface area contributed by atoms with Gasteiger partial charge in [-0.05, 0) is 24.8 Å². The molecule has 0 spiro atoms. The number of amides is 1. The Morgan fingerprint density at radius 2 is 1.53 bits per heavy atom. The predicted octanol–water partition coefficient (Wildman–Crippen LogP) is 6.08. The number of carbonyl (C=O) groups is 1. The van der Waals surface area contributed by atoms with E-state index in [0.29, 0.717) is 18.5 Å². The monoisotopic (exact) mass is 418 g/mol. The molecule has 5 heteroatoms. The lowest BCUT2D eigenvalue weighted by atomic mass is 9.84. The van der Waals surface area contributed by atoms with Gasteiger partial charge in [-0.25, -0.2) is 4.79 Å². The third-order valence-corrected chi connectivity index (χ3v) is 5.66. The highest BCUT2D eigenvalue weighted by molar-refractivity contribution is 5.64. The Hall–Kier alpha value is -2.01. The number of carboxylic acid groups (broad SMARTS) is 1. The Balaban J connectivity index is 2.41. The summed E-state index contributed by atoms with van der Waals surface area (Å²) in [6, 6.07) is 9.84. The molecule has 0 aliphatic carbocycles. The second-order valence-corrected chi connectivity index (χ2v) is 8.31. The molecule has 170 valence electrons. The van der Waals surface area contributed by atoms with Gasteiger partial charge in [0.2, 0.25) is 0 Å². The Bertz CT molecular complexity index is 604. The molecule has 1 amide bonds. The number of hydrogen-bond acceptors (Lipinski definition) is 3. The molecular weight excluding hydrogens is 376 g/mol. The van der Waals surface area contributed by atoms with Gasteiger partial charge < -0.3 is 21.3 Å². The zero-order valence-corrected chi connectivity index (χ0v) is 18.7. The van der Waals surface area contributed by atoms with Crippen molar-refractivity contribution < 1.29 is 15.0 Å². The van der Waals surface area contributed by atoms with Crippen LogP contribution in [0.3, 0.4) is 0 Å². The molecule has 0 radical (unpaired) electrons. The first kappa shape index (κ1) is 26.0. The van der Waals surface area contributed by atoms with Gasteiger partial charge in [0.1, 0.15) is 0 Å². The van der Waals surface area contributed by atoms with Crippen LogP contribution >= 0.6 is 0 Å². The Kier molecular flexibility index (Phi) is 13.7. The van der Waals surface area contributed by atoms with E-state index in [-0.39, 0.29) is 6.54 Å². The number of nitrogens with two attached hydrogens (primary N) is 1. The highest BCUT2D eigenvalue weighted by Crippen LogP contribution is 2.32. The summed E-state index contributed by atoms with van der Waals surface area (Å²) < 4.78 is 0. The molecule has 1 rings (SSSR count). The van der Waals surface area contributed by atoms with E-state index in [1.165, 1.54) is 51.4 Å². The van der Waals surface area contributed by atoms with Crippen LogP contribution in [0, 0.1) is 0 Å². The number of nitrogens with one attached hydrogen (secondary N) is 1. The summed E-state index contributed by atoms with van der Waals surface area (Å²) in [5.74, 6) is 0. The average Bonchev–Trinajstić information content (AvgIpc) is 2.74. The summed E-state index contributed by atoms with van der Waals surface area (Å²) in [6.07, 6.45) is 15.3. The zero-order chi connectivity index (χ0) is 22.1. The fourth-order valence-electron chi connectivity index (χ4n) is 3.81. The van der Waals surface area contributed by atoms with Gasteiger partial charge in [0.05, 0.1) is 12.1 Å². The molecule has 0 saturated carbocycles. The molecule has 0 aliphatic heterocycles. The van der Waals surface area contributed by atoms with Gasteiger partial charge >= 0.3 is 6.09 Å². The van der Waals surface area contributed by atoms with Gasteiger partial charge in [0.25, 0.3) is 0 Å². The first-order valence-electron chi connectivity index (χ1n) is 11.7. The van der Waals surface area contributed by atoms with Gasteiger partial charge in [-0.1, -0.05) is 108 Å². The van der Waals surface area contributed by atoms with Crippen molar-refractivity contribution in [1.82, 2.24) is 5.32 Å². The van der Waals surface area contributed by atoms with Crippen molar-refractivity contribution in [3.05, 3.63) is 47.7 Å². The van der Waals surface area contributed by atoms with Crippen molar-refractivity contribution in [3.8, 4) is 0 Å². The Morgan fingerprint density at radius 3 is 2.10 bits per heavy atom. The van der Waals surface area contributed by atoms with Gasteiger partial charge in [0, 0.05) is 5.70 Å². The van der Waals surface area contributed by atoms with Crippen LogP contribution in [0.15, 0.2) is 42.1 Å². The molecule has 1 aromatic rings. The summed E-state index contributed by atoms with van der Waals surface area (Å²) >= 11 is 0. The maximum absolute atomic E-state index is 11.4. The van der Waals surface area contributed by atoms with E-state index in [0.717, 1.165) is 24.8 Å². The Labute approximate surface area is 182 Å². The van der Waals surface area contributed by atoms with E-state index >= 15 is 0 Å². The van der Waals surface area contributed by atoms with E-state index < -0.39 is 11.7 Å². The van der Waals surface area contributed by atoms with Crippen molar-refractivity contribution in [2.24, 2.45) is 5.73 Å². The lowest BCUT2D eigenvalue weighted by Gasteiger charge is -2.29. The fraction of sp³-hybridized carbons (Fsp3) is 0.640. The van der Waals surface area contributed by atoms with E-state index in [2.05, 4.69) is 12.2 Å². The molecule has 0 aliphatic rings. The van der Waals surface area contributed by atoms with E-state index in [9.17, 15) is 9.90 Å². The standard InChI is InChI=1S/C25H42N2O3/c1-2-3-4-5-6-7-8-9-10-14-19-25(30,22-16-12-11-13-17-22)20-15-18-23(26)21-27-24(28)29/h11-13,16-18,27,30H,2-10,14-15,19-21,26H2,1H3,(H,28,29). The third-order valence-electron chi connectivity index (χ3n) is 5.66. The second-order valence-electron chi connectivity index (χ2n) is 8.31. The zero-order valence-electron chi connectivity index (χ0n) is 18.7. The molecule has 5 N–H and O–H groups in total. The van der Waals surface area contributed by atoms with Crippen LogP contribution in [0.5, 0.6) is 0 Å². The minimum absolute atomic E-state index is 0.109. The van der Waals surface area contributed by atoms with Gasteiger partial charge in [-0.15, -0.1) is 0 Å². The molecule has 0 aromatic heterocycles. The van der Waals surface area contributed by atoms with Crippen molar-refractivity contribution in [3.63, 3.8) is 0 Å². The normalized spacial score (nSPS) is 13.7. The average molecular weight is 419 g/mol. The minimum Gasteiger partial charge on any atom is -0.465 e. The molecule has 1 aromatic carbocycles. The number of aliphatic hydroxyl groups is 1. The topological polar surface area (TPSA) is 95.6 Å². The molecule has 1 unspecified atom stereocenters. The van der Waals surface area contributed by atoms with Crippen LogP contribution in [0.1, 0.15) is 96.0 Å². The fourth-order valence-corrected chi connectivity index (χ4v) is 3.81. The molecule has 1 atom stereocenters. The first-order chi connectivity index (χ1) is 14.5. The van der Waals surface area contributed by atoms with Crippen molar-refractivity contribution >= 4 is 6.09 Å². The van der Waals surface area contributed by atoms with Crippen molar-refractivity contribution in [2.45, 2.75) is 96.0 Å². The van der Waals surface area contributed by atoms with Crippen LogP contribution < -0.4 is 11.1 Å². The van der Waals surface area contributed by atoms with Crippen LogP contribution in [0.25, 0.3) is 0 Å². The second kappa shape index (κ2) is 15.8. The minimum atomic E-state index is -1.09. The molecule has 0 fully saturated rings. The quantitative estimate of drug-likeness (QED) is 0.231. The van der Waals surface area contributed by atoms with Crippen LogP contribution in [0.4, 0.5) is 4.79 Å². The van der Waals surface area contributed by atoms with Gasteiger partial charge in [-0.2, -0.15) is 0 Å². The Morgan fingerprint density at radius 1 is 0.967 bits per heavy atom. The lowest BCUT2D eigenvalue weighted by Crippen LogP contribution is -2.27. The summed E-state index contributed by atoms with van der Waals surface area (Å²) in [6.45, 7) is 2.36. The van der Waals surface area contributed by atoms with Crippen LogP contribution in [0.2, 0.25) is 0 Å². The van der Waals surface area contributed by atoms with E-state index in [1.807, 2.05) is 36.4 Å². The van der Waals surface area contributed by atoms with Crippen molar-refractivity contribution in [2.75, 3.05) is 6.54 Å². The maximum Gasteiger partial charge on any atom is 0.404 e. The SMILES string of the molecule is CCCCCCCCCCCCC(O)(CCC=C(N)CNC(=O)O)c1ccccc1. The third kappa shape index (κ3) is 11.9. The highest BCUT2D eigenvalue weighted by Gasteiger charge is 2.27. The maximum atomic E-state index is 11.4. The smallest absolute Gasteiger partial charge is 0.404 e. The molecule has 30 heavy (non-hydrogen) atoms. The largest absolute Gasteiger partial charge is 0.465 e. The van der Waals surface area contributed by atoms with Crippen LogP contribution in [-0.2, 0) is 5.60 Å². The lowest BCUT2D eigenvalue weighted by molar-refractivity contribution is 0.0167. The van der Waals surface area contributed by atoms with Crippen LogP contribution in [-0.4, -0.2) is 22.9 Å². The summed E-state index contributed by atoms with van der Waals surface area (Å²) in [5.41, 5.74) is 6.39. The van der Waals surface area contributed by atoms with E-state index in [4.69, 9.17) is 10.8 Å². The number of rotatable bonds is 17. The van der Waals surface area contributed by atoms with Crippen molar-refractivity contribution in [1.29, 1.82) is 0 Å². The summed E-state index contributed by atoms with van der Waals surface area (Å²) in [4.78, 5) is 10.6. The summed E-state index contributed by atoms with van der Waals surface area (Å²) in [5, 5.41) is 22.3. The van der Waals surface area contributed by atoms with Gasteiger partial charge in [0.15, 0.2) is 0 Å². The van der Waals surface area contributed by atoms with E-state index in [1.54, 1.807) is 0 Å². The molecule has 0 saturated heterocycles.